The topological polar surface area (TPSA) is 88.4 Å². The number of benzene rings is 1. The number of ether oxygens (including phenoxy) is 1. The molecule has 1 aliphatic rings. The van der Waals surface area contributed by atoms with Crippen molar-refractivity contribution in [2.24, 2.45) is 11.8 Å². The molecule has 0 bridgehead atoms. The molecule has 1 unspecified atom stereocenters. The predicted molar refractivity (Wildman–Crippen MR) is 127 cm³/mol. The molecule has 1 aromatic carbocycles. The van der Waals surface area contributed by atoms with E-state index in [1.54, 1.807) is 31.9 Å². The summed E-state index contributed by atoms with van der Waals surface area (Å²) in [6.45, 7) is 2.18. The number of aryl methyl sites for hydroxylation is 1. The van der Waals surface area contributed by atoms with Crippen LogP contribution in [0.25, 0.3) is 10.9 Å². The Balaban J connectivity index is 1.34. The molecule has 3 aromatic rings. The molecule has 0 saturated carbocycles. The van der Waals surface area contributed by atoms with Gasteiger partial charge in [0.1, 0.15) is 18.2 Å². The van der Waals surface area contributed by atoms with Crippen LogP contribution in [-0.2, 0) is 11.2 Å². The monoisotopic (exact) mass is 466 g/mol. The van der Waals surface area contributed by atoms with Crippen molar-refractivity contribution in [2.75, 3.05) is 26.7 Å². The van der Waals surface area contributed by atoms with Crippen molar-refractivity contribution in [3.63, 3.8) is 0 Å². The van der Waals surface area contributed by atoms with Crippen LogP contribution >= 0.6 is 0 Å². The first-order chi connectivity index (χ1) is 16.5. The molecule has 3 atom stereocenters. The van der Waals surface area contributed by atoms with E-state index < -0.39 is 18.1 Å². The Bertz CT molecular complexity index is 1100. The summed E-state index contributed by atoms with van der Waals surface area (Å²) in [5.41, 5.74) is 2.30. The number of rotatable bonds is 10. The number of hydrogen-bond acceptors (Lipinski definition) is 6. The number of aromatic nitrogens is 3. The number of carboxylic acids is 1. The van der Waals surface area contributed by atoms with E-state index in [0.717, 1.165) is 48.9 Å². The predicted octanol–water partition coefficient (Wildman–Crippen LogP) is 4.48. The summed E-state index contributed by atoms with van der Waals surface area (Å²) in [6, 6.07) is 9.06. The van der Waals surface area contributed by atoms with Crippen molar-refractivity contribution in [3.05, 3.63) is 60.3 Å². The van der Waals surface area contributed by atoms with Crippen LogP contribution in [0.4, 0.5) is 4.39 Å². The van der Waals surface area contributed by atoms with Gasteiger partial charge in [-0.25, -0.2) is 14.4 Å². The molecule has 3 heterocycles. The lowest BCUT2D eigenvalue weighted by Crippen LogP contribution is -2.44. The molecule has 1 fully saturated rings. The van der Waals surface area contributed by atoms with Gasteiger partial charge in [-0.05, 0) is 87.0 Å². The second-order valence-corrected chi connectivity index (χ2v) is 8.93. The fourth-order valence-corrected chi connectivity index (χ4v) is 4.91. The Morgan fingerprint density at radius 1 is 1.26 bits per heavy atom. The minimum Gasteiger partial charge on any atom is -0.497 e. The highest BCUT2D eigenvalue weighted by Crippen LogP contribution is 2.35. The highest BCUT2D eigenvalue weighted by Gasteiger charge is 2.34. The van der Waals surface area contributed by atoms with Gasteiger partial charge in [-0.2, -0.15) is 0 Å². The van der Waals surface area contributed by atoms with Gasteiger partial charge >= 0.3 is 5.97 Å². The van der Waals surface area contributed by atoms with Gasteiger partial charge in [0.05, 0.1) is 18.5 Å². The number of methoxy groups -OCH3 is 1. The maximum atomic E-state index is 15.4. The standard InChI is InChI=1S/C26H31FN4O3/c1-34-20-5-7-25-22(15-20)21(9-12-29-25)24(27)6-4-18-10-14-31(16-23(18)26(32)33)13-2-3-19-8-11-28-17-30-19/h5,7-9,11-12,15,17-18,23-24H,2-4,6,10,13-14,16H2,1H3,(H,32,33)/t18-,23+,24?/m1/s1. The zero-order valence-electron chi connectivity index (χ0n) is 19.4. The van der Waals surface area contributed by atoms with Crippen LogP contribution in [-0.4, -0.2) is 57.7 Å². The Morgan fingerprint density at radius 3 is 2.91 bits per heavy atom. The quantitative estimate of drug-likeness (QED) is 0.471. The lowest BCUT2D eigenvalue weighted by Gasteiger charge is -2.36. The van der Waals surface area contributed by atoms with Crippen LogP contribution in [0.2, 0.25) is 0 Å². The third-order valence-corrected chi connectivity index (χ3v) is 6.82. The first-order valence-electron chi connectivity index (χ1n) is 11.8. The Labute approximate surface area is 199 Å². The van der Waals surface area contributed by atoms with Gasteiger partial charge in [0.2, 0.25) is 0 Å². The first kappa shape index (κ1) is 24.0. The van der Waals surface area contributed by atoms with Crippen LogP contribution in [0, 0.1) is 11.8 Å². The molecule has 4 rings (SSSR count). The SMILES string of the molecule is COc1ccc2nccc(C(F)CC[C@@H]3CCN(CCCc4ccncn4)C[C@@H]3C(=O)O)c2c1. The minimum absolute atomic E-state index is 0.0310. The fourth-order valence-electron chi connectivity index (χ4n) is 4.91. The van der Waals surface area contributed by atoms with Gasteiger partial charge in [0.15, 0.2) is 0 Å². The summed E-state index contributed by atoms with van der Waals surface area (Å²) in [5, 5.41) is 10.6. The van der Waals surface area contributed by atoms with E-state index in [0.29, 0.717) is 30.7 Å². The van der Waals surface area contributed by atoms with Crippen LogP contribution < -0.4 is 4.74 Å². The van der Waals surface area contributed by atoms with Crippen LogP contribution in [0.1, 0.15) is 43.1 Å². The minimum atomic E-state index is -1.18. The van der Waals surface area contributed by atoms with E-state index in [-0.39, 0.29) is 5.92 Å². The van der Waals surface area contributed by atoms with Crippen molar-refractivity contribution in [1.29, 1.82) is 0 Å². The molecule has 1 aliphatic heterocycles. The van der Waals surface area contributed by atoms with Crippen LogP contribution in [0.3, 0.4) is 0 Å². The van der Waals surface area contributed by atoms with E-state index in [9.17, 15) is 9.90 Å². The molecule has 0 radical (unpaired) electrons. The van der Waals surface area contributed by atoms with E-state index in [1.807, 2.05) is 24.3 Å². The second kappa shape index (κ2) is 11.3. The average molecular weight is 467 g/mol. The molecule has 1 saturated heterocycles. The zero-order chi connectivity index (χ0) is 23.9. The largest absolute Gasteiger partial charge is 0.497 e. The van der Waals surface area contributed by atoms with Crippen LogP contribution in [0.15, 0.2) is 49.1 Å². The van der Waals surface area contributed by atoms with E-state index in [4.69, 9.17) is 4.74 Å². The zero-order valence-corrected chi connectivity index (χ0v) is 19.4. The van der Waals surface area contributed by atoms with Crippen molar-refractivity contribution in [3.8, 4) is 5.75 Å². The van der Waals surface area contributed by atoms with Crippen molar-refractivity contribution in [1.82, 2.24) is 19.9 Å². The second-order valence-electron chi connectivity index (χ2n) is 8.93. The molecule has 34 heavy (non-hydrogen) atoms. The number of alkyl halides is 1. The third-order valence-electron chi connectivity index (χ3n) is 6.82. The highest BCUT2D eigenvalue weighted by molar-refractivity contribution is 5.83. The van der Waals surface area contributed by atoms with Gasteiger partial charge in [0.25, 0.3) is 0 Å². The molecular weight excluding hydrogens is 435 g/mol. The lowest BCUT2D eigenvalue weighted by molar-refractivity contribution is -0.146. The number of piperidine rings is 1. The Kier molecular flexibility index (Phi) is 8.00. The first-order valence-corrected chi connectivity index (χ1v) is 11.8. The number of fused-ring (bicyclic) bond motifs is 1. The van der Waals surface area contributed by atoms with Gasteiger partial charge in [-0.3, -0.25) is 9.78 Å². The fraction of sp³-hybridized carbons (Fsp3) is 0.462. The van der Waals surface area contributed by atoms with Crippen LogP contribution in [0.5, 0.6) is 5.75 Å². The molecule has 180 valence electrons. The van der Waals surface area contributed by atoms with Gasteiger partial charge in [-0.1, -0.05) is 0 Å². The molecule has 0 aliphatic carbocycles. The molecule has 1 N–H and O–H groups in total. The Morgan fingerprint density at radius 2 is 2.15 bits per heavy atom. The van der Waals surface area contributed by atoms with Crippen molar-refractivity contribution in [2.45, 2.75) is 38.3 Å². The lowest BCUT2D eigenvalue weighted by atomic mass is 9.81. The van der Waals surface area contributed by atoms with E-state index in [1.165, 1.54) is 0 Å². The summed E-state index contributed by atoms with van der Waals surface area (Å²) in [4.78, 5) is 26.7. The van der Waals surface area contributed by atoms with Gasteiger partial charge in [-0.15, -0.1) is 0 Å². The summed E-state index contributed by atoms with van der Waals surface area (Å²) < 4.78 is 20.6. The summed E-state index contributed by atoms with van der Waals surface area (Å²) >= 11 is 0. The summed E-state index contributed by atoms with van der Waals surface area (Å²) in [7, 11) is 1.58. The maximum absolute atomic E-state index is 15.4. The number of aliphatic carboxylic acids is 1. The smallest absolute Gasteiger partial charge is 0.308 e. The molecule has 8 heteroatoms. The number of carboxylic acid groups (broad SMARTS) is 1. The average Bonchev–Trinajstić information content (AvgIpc) is 2.87. The molecule has 7 nitrogen and oxygen atoms in total. The molecule has 0 spiro atoms. The number of nitrogens with zero attached hydrogens (tertiary/aromatic N) is 4. The maximum Gasteiger partial charge on any atom is 0.308 e. The summed E-state index contributed by atoms with van der Waals surface area (Å²) in [5.74, 6) is -0.641. The van der Waals surface area contributed by atoms with E-state index >= 15 is 4.39 Å². The third kappa shape index (κ3) is 5.86. The number of hydrogen-bond donors (Lipinski definition) is 1. The summed E-state index contributed by atoms with van der Waals surface area (Å²) in [6.07, 6.45) is 7.08. The molecule has 2 aromatic heterocycles. The van der Waals surface area contributed by atoms with Crippen molar-refractivity contribution < 1.29 is 19.0 Å². The number of halogens is 1. The molecular formula is C26H31FN4O3. The van der Waals surface area contributed by atoms with Gasteiger partial charge < -0.3 is 14.7 Å². The highest BCUT2D eigenvalue weighted by atomic mass is 19.1. The van der Waals surface area contributed by atoms with Crippen molar-refractivity contribution >= 4 is 16.9 Å². The number of likely N-dealkylation sites (tertiary alicyclic amines) is 1. The van der Waals surface area contributed by atoms with E-state index in [2.05, 4.69) is 19.9 Å². The Hall–Kier alpha value is -3.13. The normalized spacial score (nSPS) is 19.7. The van der Waals surface area contributed by atoms with Gasteiger partial charge in [0, 0.05) is 30.0 Å². The molecule has 0 amide bonds. The number of pyridine rings is 1. The number of carbonyl (C=O) groups is 1.